The Morgan fingerprint density at radius 1 is 0.774 bits per heavy atom. The molecule has 0 fully saturated rings. The number of hydrogen-bond acceptors (Lipinski definition) is 7. The minimum Gasteiger partial charge on any atom is -0.478 e. The number of hydrogen-bond donors (Lipinski definition) is 4. The molecule has 8 heteroatoms. The summed E-state index contributed by atoms with van der Waals surface area (Å²) in [6.07, 6.45) is 1.39. The van der Waals surface area contributed by atoms with E-state index in [0.29, 0.717) is 28.8 Å². The summed E-state index contributed by atoms with van der Waals surface area (Å²) in [4.78, 5) is 19.4. The zero-order valence-corrected chi connectivity index (χ0v) is 16.3. The number of nitrogens with one attached hydrogen (secondary N) is 2. The third-order valence-corrected chi connectivity index (χ3v) is 4.37. The van der Waals surface area contributed by atoms with Crippen molar-refractivity contribution in [3.63, 3.8) is 0 Å². The van der Waals surface area contributed by atoms with Crippen LogP contribution < -0.4 is 21.1 Å². The average Bonchev–Trinajstić information content (AvgIpc) is 2.79. The van der Waals surface area contributed by atoms with Crippen LogP contribution in [0.15, 0.2) is 85.2 Å². The van der Waals surface area contributed by atoms with Gasteiger partial charge in [-0.15, -0.1) is 0 Å². The highest BCUT2D eigenvalue weighted by Crippen LogP contribution is 2.29. The van der Waals surface area contributed by atoms with E-state index < -0.39 is 5.97 Å². The van der Waals surface area contributed by atoms with Crippen LogP contribution in [0.3, 0.4) is 0 Å². The molecular weight excluding hydrogens is 394 g/mol. The fourth-order valence-electron chi connectivity index (χ4n) is 2.80. The van der Waals surface area contributed by atoms with Gasteiger partial charge in [0.2, 0.25) is 0 Å². The molecule has 31 heavy (non-hydrogen) atoms. The third-order valence-electron chi connectivity index (χ3n) is 4.37. The Morgan fingerprint density at radius 2 is 1.29 bits per heavy atom. The summed E-state index contributed by atoms with van der Waals surface area (Å²) in [6.45, 7) is 0. The number of benzene rings is 3. The molecule has 1 heterocycles. The summed E-state index contributed by atoms with van der Waals surface area (Å²) in [5.74, 6) is 1.33. The van der Waals surface area contributed by atoms with E-state index in [9.17, 15) is 4.79 Å². The van der Waals surface area contributed by atoms with Gasteiger partial charge in [-0.1, -0.05) is 18.2 Å². The van der Waals surface area contributed by atoms with Gasteiger partial charge in [-0.25, -0.2) is 14.8 Å². The van der Waals surface area contributed by atoms with Gasteiger partial charge in [-0.05, 0) is 60.7 Å². The van der Waals surface area contributed by atoms with Crippen LogP contribution in [-0.4, -0.2) is 21.0 Å². The maximum Gasteiger partial charge on any atom is 0.335 e. The normalized spacial score (nSPS) is 10.3. The summed E-state index contributed by atoms with van der Waals surface area (Å²) in [5.41, 5.74) is 8.18. The van der Waals surface area contributed by atoms with E-state index >= 15 is 0 Å². The highest BCUT2D eigenvalue weighted by molar-refractivity contribution is 5.88. The van der Waals surface area contributed by atoms with E-state index in [1.165, 1.54) is 18.5 Å². The smallest absolute Gasteiger partial charge is 0.335 e. The van der Waals surface area contributed by atoms with Crippen LogP contribution in [-0.2, 0) is 0 Å². The zero-order chi connectivity index (χ0) is 21.6. The van der Waals surface area contributed by atoms with Gasteiger partial charge in [0.15, 0.2) is 11.6 Å². The van der Waals surface area contributed by atoms with Gasteiger partial charge in [0.05, 0.1) is 5.56 Å². The van der Waals surface area contributed by atoms with Gasteiger partial charge in [-0.3, -0.25) is 0 Å². The molecule has 0 spiro atoms. The monoisotopic (exact) mass is 413 g/mol. The van der Waals surface area contributed by atoms with Crippen LogP contribution in [0.25, 0.3) is 0 Å². The number of ether oxygens (including phenoxy) is 1. The minimum atomic E-state index is -0.986. The van der Waals surface area contributed by atoms with Crippen LogP contribution in [0.1, 0.15) is 10.4 Å². The molecule has 0 radical (unpaired) electrons. The Bertz CT molecular complexity index is 1180. The van der Waals surface area contributed by atoms with Crippen molar-refractivity contribution in [2.45, 2.75) is 0 Å². The summed E-state index contributed by atoms with van der Waals surface area (Å²) >= 11 is 0. The van der Waals surface area contributed by atoms with Gasteiger partial charge in [0.1, 0.15) is 23.5 Å². The Kier molecular flexibility index (Phi) is 5.62. The molecule has 1 aromatic heterocycles. The number of carboxylic acid groups (broad SMARTS) is 1. The second-order valence-electron chi connectivity index (χ2n) is 6.56. The molecule has 0 amide bonds. The Labute approximate surface area is 178 Å². The Balaban J connectivity index is 1.46. The number of anilines is 5. The molecule has 4 aromatic rings. The van der Waals surface area contributed by atoms with Crippen LogP contribution >= 0.6 is 0 Å². The number of para-hydroxylation sites is 1. The van der Waals surface area contributed by atoms with Crippen LogP contribution in [0.5, 0.6) is 11.5 Å². The molecule has 3 aromatic carbocycles. The number of nitrogens with zero attached hydrogens (tertiary/aromatic N) is 2. The number of nitrogen functional groups attached to an aromatic ring is 1. The first kappa shape index (κ1) is 19.7. The molecule has 4 rings (SSSR count). The molecule has 0 bridgehead atoms. The number of nitrogens with two attached hydrogens (primary N) is 1. The lowest BCUT2D eigenvalue weighted by Gasteiger charge is -2.13. The Morgan fingerprint density at radius 3 is 1.84 bits per heavy atom. The number of carbonyl (C=O) groups is 1. The molecule has 0 saturated heterocycles. The summed E-state index contributed by atoms with van der Waals surface area (Å²) in [5, 5.41) is 15.2. The number of carboxylic acids is 1. The molecule has 154 valence electrons. The first-order valence-electron chi connectivity index (χ1n) is 9.39. The average molecular weight is 413 g/mol. The van der Waals surface area contributed by atoms with E-state index in [2.05, 4.69) is 20.6 Å². The molecule has 0 aliphatic carbocycles. The first-order valence-corrected chi connectivity index (χ1v) is 9.39. The van der Waals surface area contributed by atoms with E-state index in [4.69, 9.17) is 15.6 Å². The number of aromatic nitrogens is 2. The highest BCUT2D eigenvalue weighted by atomic mass is 16.5. The van der Waals surface area contributed by atoms with Crippen molar-refractivity contribution >= 4 is 34.7 Å². The van der Waals surface area contributed by atoms with Crippen LogP contribution in [0.4, 0.5) is 28.7 Å². The molecule has 0 aliphatic rings. The van der Waals surface area contributed by atoms with Crippen LogP contribution in [0.2, 0.25) is 0 Å². The molecule has 8 nitrogen and oxygen atoms in total. The Hall–Kier alpha value is -4.59. The van der Waals surface area contributed by atoms with E-state index in [1.54, 1.807) is 12.1 Å². The highest BCUT2D eigenvalue weighted by Gasteiger charge is 2.10. The van der Waals surface area contributed by atoms with E-state index in [1.807, 2.05) is 54.6 Å². The predicted octanol–water partition coefficient (Wildman–Crippen LogP) is 5.04. The van der Waals surface area contributed by atoms with Crippen molar-refractivity contribution in [2.75, 3.05) is 16.4 Å². The van der Waals surface area contributed by atoms with Crippen molar-refractivity contribution < 1.29 is 14.6 Å². The maximum atomic E-state index is 11.0. The van der Waals surface area contributed by atoms with Gasteiger partial charge >= 0.3 is 5.97 Å². The van der Waals surface area contributed by atoms with Crippen molar-refractivity contribution in [3.8, 4) is 11.5 Å². The fraction of sp³-hybridized carbons (Fsp3) is 0. The second-order valence-corrected chi connectivity index (χ2v) is 6.56. The summed E-state index contributed by atoms with van der Waals surface area (Å²) < 4.78 is 5.79. The molecule has 5 N–H and O–H groups in total. The van der Waals surface area contributed by atoms with Crippen LogP contribution in [0, 0.1) is 0 Å². The number of rotatable bonds is 7. The number of aromatic carboxylic acids is 1. The third kappa shape index (κ3) is 4.88. The molecular formula is C23H19N5O3. The van der Waals surface area contributed by atoms with Gasteiger partial charge in [0.25, 0.3) is 0 Å². The first-order chi connectivity index (χ1) is 15.1. The lowest BCUT2D eigenvalue weighted by atomic mass is 10.2. The van der Waals surface area contributed by atoms with Gasteiger partial charge in [-0.2, -0.15) is 0 Å². The second kappa shape index (κ2) is 8.83. The van der Waals surface area contributed by atoms with E-state index in [-0.39, 0.29) is 5.56 Å². The standard InChI is InChI=1S/C23H19N5O3/c24-20-21(27-16-8-6-15(7-9-16)23(29)30)25-14-26-22(20)28-17-10-12-19(13-11-17)31-18-4-2-1-3-5-18/h1-14H,24H2,(H,29,30)(H2,25,26,27,28). The summed E-state index contributed by atoms with van der Waals surface area (Å²) in [7, 11) is 0. The zero-order valence-electron chi connectivity index (χ0n) is 16.3. The van der Waals surface area contributed by atoms with Crippen molar-refractivity contribution in [1.29, 1.82) is 0 Å². The van der Waals surface area contributed by atoms with Crippen molar-refractivity contribution in [1.82, 2.24) is 9.97 Å². The minimum absolute atomic E-state index is 0.197. The molecule has 0 atom stereocenters. The van der Waals surface area contributed by atoms with E-state index in [0.717, 1.165) is 11.4 Å². The summed E-state index contributed by atoms with van der Waals surface area (Å²) in [6, 6.07) is 23.2. The lowest BCUT2D eigenvalue weighted by molar-refractivity contribution is 0.0697. The molecule has 0 unspecified atom stereocenters. The maximum absolute atomic E-state index is 11.0. The lowest BCUT2D eigenvalue weighted by Crippen LogP contribution is -2.05. The quantitative estimate of drug-likeness (QED) is 0.332. The van der Waals surface area contributed by atoms with Gasteiger partial charge in [0, 0.05) is 11.4 Å². The topological polar surface area (TPSA) is 122 Å². The van der Waals surface area contributed by atoms with Crippen molar-refractivity contribution in [2.24, 2.45) is 0 Å². The largest absolute Gasteiger partial charge is 0.478 e. The van der Waals surface area contributed by atoms with Gasteiger partial charge < -0.3 is 26.2 Å². The molecule has 0 saturated carbocycles. The van der Waals surface area contributed by atoms with Crippen molar-refractivity contribution in [3.05, 3.63) is 90.8 Å². The SMILES string of the molecule is Nc1c(Nc2ccc(Oc3ccccc3)cc2)ncnc1Nc1ccc(C(=O)O)cc1. The fourth-order valence-corrected chi connectivity index (χ4v) is 2.80. The molecule has 0 aliphatic heterocycles. The predicted molar refractivity (Wildman–Crippen MR) is 119 cm³/mol.